The Morgan fingerprint density at radius 2 is 1.83 bits per heavy atom. The van der Waals surface area contributed by atoms with Crippen LogP contribution in [0.5, 0.6) is 0 Å². The van der Waals surface area contributed by atoms with Gasteiger partial charge in [0.25, 0.3) is 0 Å². The van der Waals surface area contributed by atoms with Gasteiger partial charge in [-0.3, -0.25) is 4.79 Å². The molecule has 23 heavy (non-hydrogen) atoms. The molecule has 8 heteroatoms. The topological polar surface area (TPSA) is 98.5 Å². The smallest absolute Gasteiger partial charge is 0.227 e. The second-order valence-electron chi connectivity index (χ2n) is 5.48. The summed E-state index contributed by atoms with van der Waals surface area (Å²) in [5.41, 5.74) is 5.12. The second kappa shape index (κ2) is 8.63. The minimum atomic E-state index is -3.38. The van der Waals surface area contributed by atoms with Gasteiger partial charge in [0.1, 0.15) is 0 Å². The predicted octanol–water partition coefficient (Wildman–Crippen LogP) is 0.754. The quantitative estimate of drug-likeness (QED) is 0.778. The van der Waals surface area contributed by atoms with E-state index in [-0.39, 0.29) is 42.1 Å². The molecule has 1 aromatic carbocycles. The van der Waals surface area contributed by atoms with Crippen LogP contribution in [0, 0.1) is 5.41 Å². The molecule has 1 fully saturated rings. The Morgan fingerprint density at radius 1 is 1.22 bits per heavy atom. The van der Waals surface area contributed by atoms with Gasteiger partial charge in [-0.15, -0.1) is 12.4 Å². The zero-order valence-corrected chi connectivity index (χ0v) is 14.5. The molecule has 1 saturated heterocycles. The molecule has 0 spiro atoms. The molecule has 1 aliphatic rings. The van der Waals surface area contributed by atoms with Crippen LogP contribution in [0.4, 0.5) is 0 Å². The average molecular weight is 363 g/mol. The van der Waals surface area contributed by atoms with Gasteiger partial charge in [-0.05, 0) is 25.0 Å². The first-order valence-corrected chi connectivity index (χ1v) is 8.99. The van der Waals surface area contributed by atoms with Crippen LogP contribution in [0.1, 0.15) is 12.8 Å². The molecule has 6 nitrogen and oxygen atoms in total. The van der Waals surface area contributed by atoms with Gasteiger partial charge in [-0.25, -0.2) is 8.42 Å². The lowest BCUT2D eigenvalue weighted by Crippen LogP contribution is -2.49. The van der Waals surface area contributed by atoms with Crippen molar-refractivity contribution in [3.05, 3.63) is 30.3 Å². The minimum Gasteiger partial charge on any atom is -0.381 e. The number of hydrogen-bond acceptors (Lipinski definition) is 5. The molecule has 0 saturated carbocycles. The van der Waals surface area contributed by atoms with Crippen LogP contribution in [0.2, 0.25) is 0 Å². The summed E-state index contributed by atoms with van der Waals surface area (Å²) >= 11 is 0. The first-order valence-electron chi connectivity index (χ1n) is 7.34. The lowest BCUT2D eigenvalue weighted by molar-refractivity contribution is -0.135. The Balaban J connectivity index is 0.00000264. The number of amides is 1. The van der Waals surface area contributed by atoms with Crippen LogP contribution in [-0.4, -0.2) is 46.4 Å². The maximum atomic E-state index is 12.3. The van der Waals surface area contributed by atoms with Crippen molar-refractivity contribution < 1.29 is 17.9 Å². The fourth-order valence-electron chi connectivity index (χ4n) is 2.52. The highest BCUT2D eigenvalue weighted by molar-refractivity contribution is 7.91. The molecular weight excluding hydrogens is 340 g/mol. The minimum absolute atomic E-state index is 0. The van der Waals surface area contributed by atoms with Crippen LogP contribution in [0.3, 0.4) is 0 Å². The number of nitrogens with one attached hydrogen (secondary N) is 1. The lowest BCUT2D eigenvalue weighted by atomic mass is 9.79. The molecular formula is C15H23ClN2O4S. The number of carbonyl (C=O) groups excluding carboxylic acids is 1. The summed E-state index contributed by atoms with van der Waals surface area (Å²) in [6, 6.07) is 8.22. The zero-order valence-electron chi connectivity index (χ0n) is 12.9. The number of sulfone groups is 1. The largest absolute Gasteiger partial charge is 0.381 e. The van der Waals surface area contributed by atoms with E-state index >= 15 is 0 Å². The SMILES string of the molecule is Cl.NCC1(C(=O)NCCS(=O)(=O)c2ccccc2)CCOCC1. The number of carbonyl (C=O) groups is 1. The number of benzene rings is 1. The summed E-state index contributed by atoms with van der Waals surface area (Å²) in [5, 5.41) is 2.72. The van der Waals surface area contributed by atoms with Crippen LogP contribution in [0.15, 0.2) is 35.2 Å². The van der Waals surface area contributed by atoms with Gasteiger partial charge in [-0.1, -0.05) is 18.2 Å². The predicted molar refractivity (Wildman–Crippen MR) is 90.3 cm³/mol. The van der Waals surface area contributed by atoms with Crippen molar-refractivity contribution in [2.75, 3.05) is 32.1 Å². The maximum absolute atomic E-state index is 12.3. The molecule has 1 amide bonds. The van der Waals surface area contributed by atoms with Gasteiger partial charge in [0.2, 0.25) is 5.91 Å². The fourth-order valence-corrected chi connectivity index (χ4v) is 3.70. The van der Waals surface area contributed by atoms with Crippen LogP contribution in [-0.2, 0) is 19.4 Å². The van der Waals surface area contributed by atoms with Gasteiger partial charge >= 0.3 is 0 Å². The van der Waals surface area contributed by atoms with E-state index in [0.717, 1.165) is 0 Å². The summed E-state index contributed by atoms with van der Waals surface area (Å²) in [6.07, 6.45) is 1.14. The number of hydrogen-bond donors (Lipinski definition) is 2. The molecule has 0 bridgehead atoms. The third kappa shape index (κ3) is 4.91. The van der Waals surface area contributed by atoms with E-state index < -0.39 is 15.3 Å². The monoisotopic (exact) mass is 362 g/mol. The molecule has 0 unspecified atom stereocenters. The molecule has 0 atom stereocenters. The van der Waals surface area contributed by atoms with E-state index in [1.165, 1.54) is 0 Å². The summed E-state index contributed by atoms with van der Waals surface area (Å²) in [5.74, 6) is -0.304. The Hall–Kier alpha value is -1.15. The molecule has 0 aromatic heterocycles. The molecule has 130 valence electrons. The van der Waals surface area contributed by atoms with Crippen molar-refractivity contribution in [1.29, 1.82) is 0 Å². The highest BCUT2D eigenvalue weighted by Crippen LogP contribution is 2.29. The Kier molecular flexibility index (Phi) is 7.47. The van der Waals surface area contributed by atoms with Crippen LogP contribution >= 0.6 is 12.4 Å². The van der Waals surface area contributed by atoms with Gasteiger partial charge in [0, 0.05) is 26.3 Å². The molecule has 1 aliphatic heterocycles. The Morgan fingerprint density at radius 3 is 2.39 bits per heavy atom. The second-order valence-corrected chi connectivity index (χ2v) is 7.59. The van der Waals surface area contributed by atoms with Crippen molar-refractivity contribution in [1.82, 2.24) is 5.32 Å². The number of rotatable bonds is 6. The standard InChI is InChI=1S/C15H22N2O4S.ClH/c16-12-15(6-9-21-10-7-15)14(18)17-8-11-22(19,20)13-4-2-1-3-5-13;/h1-5H,6-12,16H2,(H,17,18);1H. The van der Waals surface area contributed by atoms with Gasteiger partial charge in [-0.2, -0.15) is 0 Å². The number of halogens is 1. The normalized spacial score (nSPS) is 17.1. The fraction of sp³-hybridized carbons (Fsp3) is 0.533. The van der Waals surface area contributed by atoms with Crippen molar-refractivity contribution in [2.45, 2.75) is 17.7 Å². The van der Waals surface area contributed by atoms with Crippen LogP contribution < -0.4 is 11.1 Å². The average Bonchev–Trinajstić information content (AvgIpc) is 2.56. The van der Waals surface area contributed by atoms with Crippen molar-refractivity contribution in [2.24, 2.45) is 11.1 Å². The van der Waals surface area contributed by atoms with E-state index in [1.807, 2.05) is 0 Å². The third-order valence-electron chi connectivity index (χ3n) is 4.08. The zero-order chi connectivity index (χ0) is 16.1. The highest BCUT2D eigenvalue weighted by atomic mass is 35.5. The van der Waals surface area contributed by atoms with Crippen LogP contribution in [0.25, 0.3) is 0 Å². The molecule has 1 aromatic rings. The van der Waals surface area contributed by atoms with Gasteiger partial charge in [0.05, 0.1) is 16.1 Å². The lowest BCUT2D eigenvalue weighted by Gasteiger charge is -2.34. The van der Waals surface area contributed by atoms with E-state index in [0.29, 0.717) is 26.1 Å². The van der Waals surface area contributed by atoms with Gasteiger partial charge < -0.3 is 15.8 Å². The first kappa shape index (κ1) is 19.9. The summed E-state index contributed by atoms with van der Waals surface area (Å²) in [4.78, 5) is 12.6. The number of ether oxygens (including phenoxy) is 1. The summed E-state index contributed by atoms with van der Waals surface area (Å²) < 4.78 is 29.5. The summed E-state index contributed by atoms with van der Waals surface area (Å²) in [7, 11) is -3.38. The Bertz CT molecular complexity index is 601. The van der Waals surface area contributed by atoms with E-state index in [9.17, 15) is 13.2 Å². The molecule has 2 rings (SSSR count). The molecule has 1 heterocycles. The maximum Gasteiger partial charge on any atom is 0.227 e. The third-order valence-corrected chi connectivity index (χ3v) is 5.81. The van der Waals surface area contributed by atoms with E-state index in [2.05, 4.69) is 5.32 Å². The molecule has 0 aliphatic carbocycles. The highest BCUT2D eigenvalue weighted by Gasteiger charge is 2.38. The van der Waals surface area contributed by atoms with Crippen molar-refractivity contribution in [3.8, 4) is 0 Å². The Labute approximate surface area is 143 Å². The van der Waals surface area contributed by atoms with Crippen molar-refractivity contribution >= 4 is 28.2 Å². The van der Waals surface area contributed by atoms with E-state index in [4.69, 9.17) is 10.5 Å². The van der Waals surface area contributed by atoms with Gasteiger partial charge in [0.15, 0.2) is 9.84 Å². The number of nitrogens with two attached hydrogens (primary N) is 1. The van der Waals surface area contributed by atoms with E-state index in [1.54, 1.807) is 30.3 Å². The molecule has 0 radical (unpaired) electrons. The molecule has 3 N–H and O–H groups in total. The first-order chi connectivity index (χ1) is 10.5. The summed E-state index contributed by atoms with van der Waals surface area (Å²) in [6.45, 7) is 1.34. The van der Waals surface area contributed by atoms with Crippen molar-refractivity contribution in [3.63, 3.8) is 0 Å².